The van der Waals surface area contributed by atoms with Gasteiger partial charge in [0, 0.05) is 11.3 Å². The van der Waals surface area contributed by atoms with E-state index in [1.165, 1.54) is 12.1 Å². The molecule has 0 saturated heterocycles. The SMILES string of the molecule is CCC[C@H](N)C(=O)Nc1ccc(C(=O)NCC(=O)O)cc1. The summed E-state index contributed by atoms with van der Waals surface area (Å²) >= 11 is 0. The molecule has 0 spiro atoms. The molecular formula is C14H19N3O4. The summed E-state index contributed by atoms with van der Waals surface area (Å²) in [6.45, 7) is 1.50. The standard InChI is InChI=1S/C14H19N3O4/c1-2-3-11(15)14(21)17-10-6-4-9(5-7-10)13(20)16-8-12(18)19/h4-7,11H,2-3,8,15H2,1H3,(H,16,20)(H,17,21)(H,18,19)/t11-/m0/s1. The minimum Gasteiger partial charge on any atom is -0.480 e. The number of hydrogen-bond donors (Lipinski definition) is 4. The van der Waals surface area contributed by atoms with Crippen LogP contribution in [0.3, 0.4) is 0 Å². The molecule has 7 heteroatoms. The summed E-state index contributed by atoms with van der Waals surface area (Å²) < 4.78 is 0. The van der Waals surface area contributed by atoms with Gasteiger partial charge >= 0.3 is 5.97 Å². The number of rotatable bonds is 7. The maximum atomic E-state index is 11.7. The highest BCUT2D eigenvalue weighted by molar-refractivity contribution is 5.97. The lowest BCUT2D eigenvalue weighted by Gasteiger charge is -2.11. The number of carboxylic acids is 1. The van der Waals surface area contributed by atoms with Gasteiger partial charge in [-0.2, -0.15) is 0 Å². The first kappa shape index (κ1) is 16.6. The Morgan fingerprint density at radius 2 is 1.86 bits per heavy atom. The van der Waals surface area contributed by atoms with E-state index in [9.17, 15) is 14.4 Å². The third-order valence-corrected chi connectivity index (χ3v) is 2.75. The van der Waals surface area contributed by atoms with Crippen LogP contribution in [-0.2, 0) is 9.59 Å². The van der Waals surface area contributed by atoms with Crippen LogP contribution in [0.1, 0.15) is 30.1 Å². The monoisotopic (exact) mass is 293 g/mol. The summed E-state index contributed by atoms with van der Waals surface area (Å²) in [6, 6.07) is 5.56. The molecule has 1 rings (SSSR count). The van der Waals surface area contributed by atoms with Gasteiger partial charge in [0.2, 0.25) is 5.91 Å². The molecule has 0 fully saturated rings. The first-order valence-corrected chi connectivity index (χ1v) is 6.60. The average Bonchev–Trinajstić information content (AvgIpc) is 2.45. The number of aliphatic carboxylic acids is 1. The predicted molar refractivity (Wildman–Crippen MR) is 77.9 cm³/mol. The Bertz CT molecular complexity index is 513. The summed E-state index contributed by atoms with van der Waals surface area (Å²) in [7, 11) is 0. The maximum Gasteiger partial charge on any atom is 0.322 e. The fourth-order valence-electron chi connectivity index (χ4n) is 1.64. The second-order valence-electron chi connectivity index (χ2n) is 4.54. The van der Waals surface area contributed by atoms with Crippen LogP contribution in [-0.4, -0.2) is 35.5 Å². The zero-order valence-electron chi connectivity index (χ0n) is 11.8. The fraction of sp³-hybridized carbons (Fsp3) is 0.357. The van der Waals surface area contributed by atoms with E-state index in [2.05, 4.69) is 10.6 Å². The molecule has 0 aliphatic carbocycles. The Kier molecular flexibility index (Phi) is 6.35. The molecule has 5 N–H and O–H groups in total. The number of carbonyl (C=O) groups excluding carboxylic acids is 2. The number of anilines is 1. The Labute approximate surface area is 122 Å². The van der Waals surface area contributed by atoms with E-state index in [1.54, 1.807) is 12.1 Å². The van der Waals surface area contributed by atoms with Gasteiger partial charge in [-0.05, 0) is 30.7 Å². The minimum absolute atomic E-state index is 0.278. The number of carboxylic acid groups (broad SMARTS) is 1. The molecule has 1 aromatic carbocycles. The highest BCUT2D eigenvalue weighted by Gasteiger charge is 2.12. The molecule has 0 saturated carbocycles. The van der Waals surface area contributed by atoms with Crippen molar-refractivity contribution >= 4 is 23.5 Å². The predicted octanol–water partition coefficient (Wildman–Crippen LogP) is 0.567. The number of amides is 2. The van der Waals surface area contributed by atoms with E-state index >= 15 is 0 Å². The zero-order valence-corrected chi connectivity index (χ0v) is 11.8. The van der Waals surface area contributed by atoms with Crippen molar-refractivity contribution in [3.05, 3.63) is 29.8 Å². The van der Waals surface area contributed by atoms with Gasteiger partial charge in [0.1, 0.15) is 6.54 Å². The van der Waals surface area contributed by atoms with E-state index in [0.717, 1.165) is 6.42 Å². The van der Waals surface area contributed by atoms with Gasteiger partial charge in [0.25, 0.3) is 5.91 Å². The molecular weight excluding hydrogens is 274 g/mol. The van der Waals surface area contributed by atoms with Crippen LogP contribution in [0.5, 0.6) is 0 Å². The molecule has 0 radical (unpaired) electrons. The van der Waals surface area contributed by atoms with Crippen LogP contribution in [0.15, 0.2) is 24.3 Å². The second kappa shape index (κ2) is 8.01. The van der Waals surface area contributed by atoms with Gasteiger partial charge in [-0.15, -0.1) is 0 Å². The van der Waals surface area contributed by atoms with Crippen LogP contribution < -0.4 is 16.4 Å². The summed E-state index contributed by atoms with van der Waals surface area (Å²) in [5, 5.41) is 13.4. The molecule has 1 atom stereocenters. The van der Waals surface area contributed by atoms with Gasteiger partial charge in [-0.3, -0.25) is 14.4 Å². The molecule has 0 aliphatic rings. The number of hydrogen-bond acceptors (Lipinski definition) is 4. The lowest BCUT2D eigenvalue weighted by Crippen LogP contribution is -2.35. The third kappa shape index (κ3) is 5.62. The number of benzene rings is 1. The van der Waals surface area contributed by atoms with Crippen molar-refractivity contribution in [2.75, 3.05) is 11.9 Å². The van der Waals surface area contributed by atoms with Gasteiger partial charge < -0.3 is 21.5 Å². The molecule has 0 aromatic heterocycles. The summed E-state index contributed by atoms with van der Waals surface area (Å²) in [5.41, 5.74) is 6.53. The smallest absolute Gasteiger partial charge is 0.322 e. The molecule has 0 aliphatic heterocycles. The molecule has 21 heavy (non-hydrogen) atoms. The minimum atomic E-state index is -1.11. The average molecular weight is 293 g/mol. The molecule has 114 valence electrons. The van der Waals surface area contributed by atoms with Crippen LogP contribution >= 0.6 is 0 Å². The van der Waals surface area contributed by atoms with Crippen molar-refractivity contribution in [3.63, 3.8) is 0 Å². The maximum absolute atomic E-state index is 11.7. The van der Waals surface area contributed by atoms with Crippen LogP contribution in [0.25, 0.3) is 0 Å². The fourth-order valence-corrected chi connectivity index (χ4v) is 1.64. The first-order valence-electron chi connectivity index (χ1n) is 6.60. The quantitative estimate of drug-likeness (QED) is 0.585. The molecule has 1 aromatic rings. The number of nitrogens with two attached hydrogens (primary N) is 1. The summed E-state index contributed by atoms with van der Waals surface area (Å²) in [4.78, 5) is 33.7. The van der Waals surface area contributed by atoms with E-state index in [1.807, 2.05) is 6.92 Å². The van der Waals surface area contributed by atoms with Crippen molar-refractivity contribution in [1.29, 1.82) is 0 Å². The molecule has 7 nitrogen and oxygen atoms in total. The number of nitrogens with one attached hydrogen (secondary N) is 2. The Morgan fingerprint density at radius 3 is 2.38 bits per heavy atom. The summed E-state index contributed by atoms with van der Waals surface area (Å²) in [5.74, 6) is -1.88. The van der Waals surface area contributed by atoms with E-state index < -0.39 is 24.5 Å². The van der Waals surface area contributed by atoms with Crippen molar-refractivity contribution in [3.8, 4) is 0 Å². The lowest BCUT2D eigenvalue weighted by atomic mass is 10.1. The summed E-state index contributed by atoms with van der Waals surface area (Å²) in [6.07, 6.45) is 1.42. The largest absolute Gasteiger partial charge is 0.480 e. The Balaban J connectivity index is 2.59. The van der Waals surface area contributed by atoms with E-state index in [0.29, 0.717) is 17.7 Å². The van der Waals surface area contributed by atoms with Gasteiger partial charge in [-0.25, -0.2) is 0 Å². The second-order valence-corrected chi connectivity index (χ2v) is 4.54. The van der Waals surface area contributed by atoms with E-state index in [-0.39, 0.29) is 5.91 Å². The highest BCUT2D eigenvalue weighted by atomic mass is 16.4. The molecule has 0 heterocycles. The van der Waals surface area contributed by atoms with Crippen molar-refractivity contribution in [2.24, 2.45) is 5.73 Å². The number of carbonyl (C=O) groups is 3. The topological polar surface area (TPSA) is 122 Å². The zero-order chi connectivity index (χ0) is 15.8. The molecule has 0 unspecified atom stereocenters. The molecule has 2 amide bonds. The van der Waals surface area contributed by atoms with Crippen LogP contribution in [0.4, 0.5) is 5.69 Å². The van der Waals surface area contributed by atoms with Gasteiger partial charge in [-0.1, -0.05) is 13.3 Å². The van der Waals surface area contributed by atoms with Crippen LogP contribution in [0.2, 0.25) is 0 Å². The lowest BCUT2D eigenvalue weighted by molar-refractivity contribution is -0.135. The van der Waals surface area contributed by atoms with Crippen molar-refractivity contribution in [2.45, 2.75) is 25.8 Å². The van der Waals surface area contributed by atoms with Crippen LogP contribution in [0, 0.1) is 0 Å². The van der Waals surface area contributed by atoms with E-state index in [4.69, 9.17) is 10.8 Å². The Morgan fingerprint density at radius 1 is 1.24 bits per heavy atom. The van der Waals surface area contributed by atoms with Crippen molar-refractivity contribution < 1.29 is 19.5 Å². The van der Waals surface area contributed by atoms with Gasteiger partial charge in [0.05, 0.1) is 6.04 Å². The normalized spacial score (nSPS) is 11.5. The Hall–Kier alpha value is -2.41. The first-order chi connectivity index (χ1) is 9.93. The third-order valence-electron chi connectivity index (χ3n) is 2.75. The van der Waals surface area contributed by atoms with Gasteiger partial charge in [0.15, 0.2) is 0 Å². The molecule has 0 bridgehead atoms. The van der Waals surface area contributed by atoms with Crippen molar-refractivity contribution in [1.82, 2.24) is 5.32 Å². The highest BCUT2D eigenvalue weighted by Crippen LogP contribution is 2.10.